The van der Waals surface area contributed by atoms with Crippen LogP contribution in [-0.2, 0) is 4.74 Å². The summed E-state index contributed by atoms with van der Waals surface area (Å²) in [6.07, 6.45) is 0. The van der Waals surface area contributed by atoms with Gasteiger partial charge < -0.3 is 4.74 Å². The quantitative estimate of drug-likeness (QED) is 0.627. The Labute approximate surface area is 109 Å². The Hall–Kier alpha value is -1.31. The molecule has 0 fully saturated rings. The highest BCUT2D eigenvalue weighted by molar-refractivity contribution is 7.91. The number of rotatable bonds is 2. The van der Waals surface area contributed by atoms with Crippen LogP contribution < -0.4 is 0 Å². The van der Waals surface area contributed by atoms with Gasteiger partial charge in [-0.1, -0.05) is 30.3 Å². The van der Waals surface area contributed by atoms with Gasteiger partial charge in [0, 0.05) is 36.0 Å². The van der Waals surface area contributed by atoms with Crippen LogP contribution in [0.5, 0.6) is 0 Å². The molecular formula is C10H8N2O2S3. The largest absolute Gasteiger partial charge is 0.464 e. The maximum absolute atomic E-state index is 11.6. The van der Waals surface area contributed by atoms with Crippen molar-refractivity contribution in [2.45, 2.75) is 0 Å². The normalized spacial score (nSPS) is 9.71. The maximum Gasteiger partial charge on any atom is 0.360 e. The van der Waals surface area contributed by atoms with Crippen LogP contribution in [-0.4, -0.2) is 21.8 Å². The van der Waals surface area contributed by atoms with E-state index in [0.29, 0.717) is 5.69 Å². The molecule has 1 aromatic heterocycles. The third kappa shape index (κ3) is 2.87. The minimum Gasteiger partial charge on any atom is -0.464 e. The number of hydrogen-bond donors (Lipinski definition) is 0. The molecule has 0 atom stereocenters. The molecule has 4 nitrogen and oxygen atoms in total. The van der Waals surface area contributed by atoms with Gasteiger partial charge in [-0.15, -0.1) is 0 Å². The molecule has 0 unspecified atom stereocenters. The highest BCUT2D eigenvalue weighted by Gasteiger charge is 2.15. The van der Waals surface area contributed by atoms with Crippen LogP contribution in [0.4, 0.5) is 0 Å². The summed E-state index contributed by atoms with van der Waals surface area (Å²) in [5.74, 6) is -0.469. The monoisotopic (exact) mass is 284 g/mol. The lowest BCUT2D eigenvalue weighted by molar-refractivity contribution is 0.0596. The summed E-state index contributed by atoms with van der Waals surface area (Å²) in [7, 11) is 5.25. The van der Waals surface area contributed by atoms with Crippen molar-refractivity contribution in [3.05, 3.63) is 36.0 Å². The summed E-state index contributed by atoms with van der Waals surface area (Å²) >= 11 is 0. The van der Waals surface area contributed by atoms with Crippen LogP contribution >= 0.6 is 30.4 Å². The average Bonchev–Trinajstić information content (AvgIpc) is 2.64. The van der Waals surface area contributed by atoms with Crippen LogP contribution in [0.2, 0.25) is 0 Å². The van der Waals surface area contributed by atoms with Gasteiger partial charge in [-0.05, 0) is 0 Å². The van der Waals surface area contributed by atoms with Gasteiger partial charge in [-0.2, -0.15) is 8.75 Å². The van der Waals surface area contributed by atoms with Gasteiger partial charge in [0.1, 0.15) is 5.69 Å². The van der Waals surface area contributed by atoms with Crippen molar-refractivity contribution in [3.63, 3.8) is 0 Å². The molecule has 0 aliphatic heterocycles. The first-order valence-electron chi connectivity index (χ1n) is 4.62. The zero-order valence-corrected chi connectivity index (χ0v) is 11.3. The van der Waals surface area contributed by atoms with E-state index in [1.165, 1.54) is 37.5 Å². The zero-order valence-electron chi connectivity index (χ0n) is 8.82. The van der Waals surface area contributed by atoms with Crippen LogP contribution in [0.15, 0.2) is 30.3 Å². The Morgan fingerprint density at radius 2 is 1.88 bits per heavy atom. The van der Waals surface area contributed by atoms with Gasteiger partial charge in [-0.3, -0.25) is 0 Å². The van der Waals surface area contributed by atoms with E-state index in [2.05, 4.69) is 8.75 Å². The molecule has 0 aliphatic carbocycles. The SMILES string of the molecule is COC(=O)c1nsssnc1-c1ccccc1. The highest BCUT2D eigenvalue weighted by atomic mass is 33.2. The maximum atomic E-state index is 11.6. The van der Waals surface area contributed by atoms with Crippen LogP contribution in [0.25, 0.3) is 11.3 Å². The predicted molar refractivity (Wildman–Crippen MR) is 70.1 cm³/mol. The summed E-state index contributed by atoms with van der Waals surface area (Å²) in [5, 5.41) is 0. The van der Waals surface area contributed by atoms with Gasteiger partial charge in [0.05, 0.1) is 7.11 Å². The highest BCUT2D eigenvalue weighted by Crippen LogP contribution is 2.22. The Bertz CT molecular complexity index is 543. The lowest BCUT2D eigenvalue weighted by Gasteiger charge is -2.01. The van der Waals surface area contributed by atoms with E-state index in [1.54, 1.807) is 0 Å². The molecule has 0 N–H and O–H groups in total. The number of benzene rings is 1. The zero-order chi connectivity index (χ0) is 12.1. The number of aromatic nitrogens is 2. The molecule has 1 heterocycles. The molecule has 2 aromatic rings. The fourth-order valence-electron chi connectivity index (χ4n) is 1.22. The third-order valence-corrected chi connectivity index (χ3v) is 4.51. The fraction of sp³-hybridized carbons (Fsp3) is 0.100. The van der Waals surface area contributed by atoms with E-state index in [9.17, 15) is 4.79 Å². The average molecular weight is 284 g/mol. The van der Waals surface area contributed by atoms with Gasteiger partial charge >= 0.3 is 5.97 Å². The van der Waals surface area contributed by atoms with Crippen molar-refractivity contribution in [2.24, 2.45) is 0 Å². The van der Waals surface area contributed by atoms with Crippen molar-refractivity contribution in [2.75, 3.05) is 7.11 Å². The molecule has 1 aromatic carbocycles. The predicted octanol–water partition coefficient (Wildman–Crippen LogP) is 3.24. The van der Waals surface area contributed by atoms with Crippen LogP contribution in [0.1, 0.15) is 10.5 Å². The molecule has 0 spiro atoms. The first-order valence-corrected chi connectivity index (χ1v) is 8.02. The molecule has 0 saturated heterocycles. The topological polar surface area (TPSA) is 52.1 Å². The van der Waals surface area contributed by atoms with Crippen molar-refractivity contribution in [3.8, 4) is 11.3 Å². The fourth-order valence-corrected chi connectivity index (χ4v) is 3.32. The Kier molecular flexibility index (Phi) is 4.18. The molecule has 0 aliphatic rings. The van der Waals surface area contributed by atoms with Gasteiger partial charge in [-0.25, -0.2) is 4.79 Å². The molecule has 0 amide bonds. The van der Waals surface area contributed by atoms with Crippen molar-refractivity contribution >= 4 is 36.4 Å². The number of hydrogen-bond acceptors (Lipinski definition) is 7. The Morgan fingerprint density at radius 3 is 2.59 bits per heavy atom. The van der Waals surface area contributed by atoms with Gasteiger partial charge in [0.15, 0.2) is 5.69 Å². The standard InChI is InChI=1S/C10H8N2O2S3/c1-14-10(13)9-8(11-15-17-16-12-9)7-5-3-2-4-6-7/h2-6H,1H3. The molecule has 2 rings (SSSR count). The molecular weight excluding hydrogens is 276 g/mol. The second-order valence-electron chi connectivity index (χ2n) is 2.95. The molecule has 17 heavy (non-hydrogen) atoms. The minimum absolute atomic E-state index is 0.251. The summed E-state index contributed by atoms with van der Waals surface area (Å²) < 4.78 is 13.1. The number of carbonyl (C=O) groups excluding carboxylic acids is 1. The smallest absolute Gasteiger partial charge is 0.360 e. The van der Waals surface area contributed by atoms with Crippen molar-refractivity contribution < 1.29 is 9.53 Å². The molecule has 7 heteroatoms. The van der Waals surface area contributed by atoms with E-state index >= 15 is 0 Å². The van der Waals surface area contributed by atoms with Crippen LogP contribution in [0.3, 0.4) is 0 Å². The summed E-state index contributed by atoms with van der Waals surface area (Å²) in [5.41, 5.74) is 1.66. The summed E-state index contributed by atoms with van der Waals surface area (Å²) in [4.78, 5) is 11.6. The second-order valence-corrected chi connectivity index (χ2v) is 6.28. The van der Waals surface area contributed by atoms with E-state index in [-0.39, 0.29) is 5.69 Å². The summed E-state index contributed by atoms with van der Waals surface area (Å²) in [6.45, 7) is 0. The van der Waals surface area contributed by atoms with E-state index in [1.807, 2.05) is 30.3 Å². The first kappa shape index (κ1) is 12.2. The number of methoxy groups -OCH3 is 1. The first-order chi connectivity index (χ1) is 8.33. The van der Waals surface area contributed by atoms with Gasteiger partial charge in [0.2, 0.25) is 0 Å². The molecule has 0 radical (unpaired) electrons. The van der Waals surface area contributed by atoms with E-state index in [4.69, 9.17) is 4.74 Å². The number of ether oxygens (including phenoxy) is 1. The molecule has 88 valence electrons. The summed E-state index contributed by atoms with van der Waals surface area (Å²) in [6, 6.07) is 9.47. The van der Waals surface area contributed by atoms with E-state index in [0.717, 1.165) is 5.56 Å². The van der Waals surface area contributed by atoms with Crippen molar-refractivity contribution in [1.29, 1.82) is 0 Å². The lowest BCUT2D eigenvalue weighted by atomic mass is 10.1. The van der Waals surface area contributed by atoms with Crippen molar-refractivity contribution in [1.82, 2.24) is 8.75 Å². The Morgan fingerprint density at radius 1 is 1.18 bits per heavy atom. The molecule has 0 saturated carbocycles. The molecule has 0 bridgehead atoms. The van der Waals surface area contributed by atoms with E-state index < -0.39 is 5.97 Å². The number of nitrogens with zero attached hydrogens (tertiary/aromatic N) is 2. The van der Waals surface area contributed by atoms with Crippen LogP contribution in [0, 0.1) is 0 Å². The number of esters is 1. The Balaban J connectivity index is 2.62. The van der Waals surface area contributed by atoms with Gasteiger partial charge in [0.25, 0.3) is 0 Å². The second kappa shape index (κ2) is 5.85. The minimum atomic E-state index is -0.469. The number of carbonyl (C=O) groups is 1. The third-order valence-electron chi connectivity index (χ3n) is 1.97. The lowest BCUT2D eigenvalue weighted by Crippen LogP contribution is -2.05.